The van der Waals surface area contributed by atoms with Gasteiger partial charge in [-0.1, -0.05) is 13.8 Å². The summed E-state index contributed by atoms with van der Waals surface area (Å²) in [6.45, 7) is 8.32. The molecule has 1 aliphatic heterocycles. The van der Waals surface area contributed by atoms with E-state index in [0.29, 0.717) is 12.1 Å². The quantitative estimate of drug-likeness (QED) is 0.750. The van der Waals surface area contributed by atoms with Crippen LogP contribution in [0.3, 0.4) is 0 Å². The third kappa shape index (κ3) is 3.19. The Morgan fingerprint density at radius 3 is 2.73 bits per heavy atom. The van der Waals surface area contributed by atoms with Crippen LogP contribution >= 0.6 is 0 Å². The van der Waals surface area contributed by atoms with Crippen molar-refractivity contribution in [3.8, 4) is 6.07 Å². The summed E-state index contributed by atoms with van der Waals surface area (Å²) in [5, 5.41) is 12.2. The maximum absolute atomic E-state index is 9.02. The lowest BCUT2D eigenvalue weighted by molar-refractivity contribution is 0.188. The summed E-state index contributed by atoms with van der Waals surface area (Å²) in [4.78, 5) is 2.50. The Morgan fingerprint density at radius 1 is 1.47 bits per heavy atom. The molecule has 15 heavy (non-hydrogen) atoms. The third-order valence-corrected chi connectivity index (χ3v) is 3.42. The van der Waals surface area contributed by atoms with Gasteiger partial charge in [0.15, 0.2) is 0 Å². The van der Waals surface area contributed by atoms with Crippen LogP contribution < -0.4 is 5.32 Å². The lowest BCUT2D eigenvalue weighted by atomic mass is 10.1. The van der Waals surface area contributed by atoms with Crippen molar-refractivity contribution < 1.29 is 0 Å². The van der Waals surface area contributed by atoms with Crippen LogP contribution in [0.15, 0.2) is 0 Å². The van der Waals surface area contributed by atoms with Gasteiger partial charge in [0.25, 0.3) is 0 Å². The minimum absolute atomic E-state index is 0.00963. The van der Waals surface area contributed by atoms with Gasteiger partial charge < -0.3 is 5.32 Å². The Bertz CT molecular complexity index is 221. The maximum atomic E-state index is 9.02. The minimum atomic E-state index is -0.00963. The molecule has 0 amide bonds. The van der Waals surface area contributed by atoms with Crippen LogP contribution in [-0.2, 0) is 0 Å². The van der Waals surface area contributed by atoms with Gasteiger partial charge in [0.05, 0.1) is 6.07 Å². The van der Waals surface area contributed by atoms with E-state index in [1.54, 1.807) is 0 Å². The summed E-state index contributed by atoms with van der Waals surface area (Å²) in [6.07, 6.45) is 3.78. The van der Waals surface area contributed by atoms with Crippen molar-refractivity contribution in [2.75, 3.05) is 13.1 Å². The number of hydrogen-bond donors (Lipinski definition) is 1. The largest absolute Gasteiger partial charge is 0.301 e. The Balaban J connectivity index is 2.50. The minimum Gasteiger partial charge on any atom is -0.301 e. The molecule has 0 radical (unpaired) electrons. The van der Waals surface area contributed by atoms with Gasteiger partial charge in [-0.05, 0) is 32.7 Å². The molecule has 3 nitrogen and oxygen atoms in total. The third-order valence-electron chi connectivity index (χ3n) is 3.42. The Hall–Kier alpha value is -0.590. The van der Waals surface area contributed by atoms with Gasteiger partial charge in [0.1, 0.15) is 6.04 Å². The van der Waals surface area contributed by atoms with E-state index in [2.05, 4.69) is 37.1 Å². The topological polar surface area (TPSA) is 39.1 Å². The first-order valence-electron chi connectivity index (χ1n) is 6.11. The molecule has 0 bridgehead atoms. The van der Waals surface area contributed by atoms with Crippen molar-refractivity contribution in [2.24, 2.45) is 0 Å². The molecule has 3 heteroatoms. The Morgan fingerprint density at radius 2 is 2.20 bits per heavy atom. The second-order valence-corrected chi connectivity index (χ2v) is 4.42. The van der Waals surface area contributed by atoms with Crippen LogP contribution in [0.5, 0.6) is 0 Å². The summed E-state index contributed by atoms with van der Waals surface area (Å²) in [5.74, 6) is 0. The van der Waals surface area contributed by atoms with Crippen molar-refractivity contribution in [3.05, 3.63) is 0 Å². The molecule has 1 saturated heterocycles. The van der Waals surface area contributed by atoms with E-state index in [4.69, 9.17) is 5.26 Å². The fraction of sp³-hybridized carbons (Fsp3) is 0.917. The number of likely N-dealkylation sites (N-methyl/N-ethyl adjacent to an activating group) is 1. The normalized spacial score (nSPS) is 28.9. The van der Waals surface area contributed by atoms with Crippen LogP contribution in [0.2, 0.25) is 0 Å². The number of rotatable bonds is 5. The first-order chi connectivity index (χ1) is 7.22. The van der Waals surface area contributed by atoms with E-state index >= 15 is 0 Å². The molecule has 86 valence electrons. The predicted molar refractivity (Wildman–Crippen MR) is 62.6 cm³/mol. The van der Waals surface area contributed by atoms with Gasteiger partial charge in [0.2, 0.25) is 0 Å². The monoisotopic (exact) mass is 209 g/mol. The summed E-state index contributed by atoms with van der Waals surface area (Å²) in [7, 11) is 0. The van der Waals surface area contributed by atoms with E-state index in [1.807, 2.05) is 0 Å². The molecule has 3 unspecified atom stereocenters. The summed E-state index contributed by atoms with van der Waals surface area (Å²) >= 11 is 0. The van der Waals surface area contributed by atoms with Gasteiger partial charge in [-0.25, -0.2) is 0 Å². The van der Waals surface area contributed by atoms with Crippen LogP contribution in [0.25, 0.3) is 0 Å². The van der Waals surface area contributed by atoms with Gasteiger partial charge in [-0.3, -0.25) is 4.90 Å². The van der Waals surface area contributed by atoms with Gasteiger partial charge in [0, 0.05) is 18.6 Å². The lowest BCUT2D eigenvalue weighted by Crippen LogP contribution is -2.44. The van der Waals surface area contributed by atoms with E-state index in [-0.39, 0.29) is 6.04 Å². The highest BCUT2D eigenvalue weighted by Gasteiger charge is 2.30. The lowest BCUT2D eigenvalue weighted by Gasteiger charge is -2.29. The van der Waals surface area contributed by atoms with Crippen LogP contribution in [-0.4, -0.2) is 36.1 Å². The number of nitrogens with one attached hydrogen (secondary N) is 1. The van der Waals surface area contributed by atoms with Crippen LogP contribution in [0.4, 0.5) is 0 Å². The van der Waals surface area contributed by atoms with Gasteiger partial charge in [-0.2, -0.15) is 5.26 Å². The fourth-order valence-electron chi connectivity index (χ4n) is 2.50. The average molecular weight is 209 g/mol. The van der Waals surface area contributed by atoms with E-state index in [9.17, 15) is 0 Å². The zero-order chi connectivity index (χ0) is 11.3. The molecule has 1 aliphatic rings. The predicted octanol–water partition coefficient (Wildman–Crippen LogP) is 1.75. The van der Waals surface area contributed by atoms with Crippen molar-refractivity contribution in [1.82, 2.24) is 10.2 Å². The molecule has 0 aromatic rings. The first kappa shape index (κ1) is 12.5. The molecule has 3 atom stereocenters. The summed E-state index contributed by atoms with van der Waals surface area (Å²) < 4.78 is 0. The van der Waals surface area contributed by atoms with E-state index in [0.717, 1.165) is 13.1 Å². The smallest absolute Gasteiger partial charge is 0.108 e. The second kappa shape index (κ2) is 6.09. The Kier molecular flexibility index (Phi) is 5.07. The standard InChI is InChI=1S/C12H23N3/c1-4-12-7-6-10(3)15(12)9-11(8-13)14-5-2/h10-12,14H,4-7,9H2,1-3H3. The second-order valence-electron chi connectivity index (χ2n) is 4.42. The Labute approximate surface area is 93.5 Å². The van der Waals surface area contributed by atoms with Crippen LogP contribution in [0.1, 0.15) is 40.0 Å². The number of likely N-dealkylation sites (tertiary alicyclic amines) is 1. The highest BCUT2D eigenvalue weighted by Crippen LogP contribution is 2.25. The van der Waals surface area contributed by atoms with Crippen molar-refractivity contribution >= 4 is 0 Å². The van der Waals surface area contributed by atoms with Crippen molar-refractivity contribution in [2.45, 2.75) is 58.2 Å². The number of nitriles is 1. The molecule has 1 heterocycles. The van der Waals surface area contributed by atoms with Gasteiger partial charge >= 0.3 is 0 Å². The molecule has 0 aromatic heterocycles. The van der Waals surface area contributed by atoms with Crippen molar-refractivity contribution in [1.29, 1.82) is 5.26 Å². The molecular formula is C12H23N3. The van der Waals surface area contributed by atoms with E-state index in [1.165, 1.54) is 19.3 Å². The molecule has 0 aromatic carbocycles. The zero-order valence-corrected chi connectivity index (χ0v) is 10.2. The SMILES string of the molecule is CCNC(C#N)CN1C(C)CCC1CC. The molecule has 0 saturated carbocycles. The highest BCUT2D eigenvalue weighted by atomic mass is 15.2. The van der Waals surface area contributed by atoms with Crippen molar-refractivity contribution in [3.63, 3.8) is 0 Å². The zero-order valence-electron chi connectivity index (χ0n) is 10.2. The first-order valence-corrected chi connectivity index (χ1v) is 6.11. The van der Waals surface area contributed by atoms with Crippen LogP contribution in [0, 0.1) is 11.3 Å². The van der Waals surface area contributed by atoms with Gasteiger partial charge in [-0.15, -0.1) is 0 Å². The molecule has 0 aliphatic carbocycles. The molecule has 1 N–H and O–H groups in total. The number of hydrogen-bond acceptors (Lipinski definition) is 3. The summed E-state index contributed by atoms with van der Waals surface area (Å²) in [5.41, 5.74) is 0. The average Bonchev–Trinajstić information content (AvgIpc) is 2.59. The summed E-state index contributed by atoms with van der Waals surface area (Å²) in [6, 6.07) is 3.67. The van der Waals surface area contributed by atoms with E-state index < -0.39 is 0 Å². The molecular weight excluding hydrogens is 186 g/mol. The fourth-order valence-corrected chi connectivity index (χ4v) is 2.50. The molecule has 1 fully saturated rings. The number of nitrogens with zero attached hydrogens (tertiary/aromatic N) is 2. The molecule has 0 spiro atoms. The molecule has 1 rings (SSSR count). The highest BCUT2D eigenvalue weighted by molar-refractivity contribution is 4.96. The maximum Gasteiger partial charge on any atom is 0.108 e.